The first-order valence-corrected chi connectivity index (χ1v) is 5.24. The fourth-order valence-electron chi connectivity index (χ4n) is 1.08. The SMILES string of the molecule is O=Cc1sccc1C#Cc1ccccn1. The van der Waals surface area contributed by atoms with Crippen molar-refractivity contribution in [2.24, 2.45) is 0 Å². The molecule has 0 bridgehead atoms. The maximum atomic E-state index is 10.6. The summed E-state index contributed by atoms with van der Waals surface area (Å²) in [6, 6.07) is 7.39. The molecule has 0 aromatic carbocycles. The molecule has 2 aromatic heterocycles. The fraction of sp³-hybridized carbons (Fsp3) is 0. The van der Waals surface area contributed by atoms with E-state index in [0.29, 0.717) is 10.6 Å². The van der Waals surface area contributed by atoms with Gasteiger partial charge >= 0.3 is 0 Å². The van der Waals surface area contributed by atoms with E-state index in [1.165, 1.54) is 11.3 Å². The predicted molar refractivity (Wildman–Crippen MR) is 59.9 cm³/mol. The summed E-state index contributed by atoms with van der Waals surface area (Å²) < 4.78 is 0. The molecule has 0 radical (unpaired) electrons. The number of carbonyl (C=O) groups excluding carboxylic acids is 1. The van der Waals surface area contributed by atoms with Crippen LogP contribution < -0.4 is 0 Å². The fourth-order valence-corrected chi connectivity index (χ4v) is 1.74. The van der Waals surface area contributed by atoms with Crippen LogP contribution in [0.2, 0.25) is 0 Å². The summed E-state index contributed by atoms with van der Waals surface area (Å²) in [6.07, 6.45) is 2.52. The monoisotopic (exact) mass is 213 g/mol. The molecule has 0 fully saturated rings. The number of hydrogen-bond donors (Lipinski definition) is 0. The minimum atomic E-state index is 0.665. The molecule has 0 aliphatic heterocycles. The van der Waals surface area contributed by atoms with Crippen LogP contribution in [-0.4, -0.2) is 11.3 Å². The van der Waals surface area contributed by atoms with Crippen molar-refractivity contribution >= 4 is 17.6 Å². The Balaban J connectivity index is 2.30. The van der Waals surface area contributed by atoms with E-state index in [4.69, 9.17) is 0 Å². The van der Waals surface area contributed by atoms with Gasteiger partial charge in [-0.3, -0.25) is 4.79 Å². The molecule has 2 nitrogen and oxygen atoms in total. The van der Waals surface area contributed by atoms with Gasteiger partial charge < -0.3 is 0 Å². The lowest BCUT2D eigenvalue weighted by atomic mass is 10.2. The number of hydrogen-bond acceptors (Lipinski definition) is 3. The molecule has 2 heterocycles. The Bertz CT molecular complexity index is 519. The molecule has 0 N–H and O–H groups in total. The first kappa shape index (κ1) is 9.63. The Hall–Kier alpha value is -1.92. The normalized spacial score (nSPS) is 9.07. The molecule has 0 aliphatic rings. The summed E-state index contributed by atoms with van der Waals surface area (Å²) in [5.74, 6) is 5.84. The van der Waals surface area contributed by atoms with E-state index in [-0.39, 0.29) is 0 Å². The first-order valence-electron chi connectivity index (χ1n) is 4.36. The number of carbonyl (C=O) groups is 1. The second-order valence-corrected chi connectivity index (χ2v) is 3.73. The van der Waals surface area contributed by atoms with Crippen LogP contribution in [0.1, 0.15) is 20.9 Å². The molecule has 0 saturated carbocycles. The highest BCUT2D eigenvalue weighted by atomic mass is 32.1. The van der Waals surface area contributed by atoms with E-state index in [2.05, 4.69) is 16.8 Å². The highest BCUT2D eigenvalue weighted by molar-refractivity contribution is 7.11. The van der Waals surface area contributed by atoms with E-state index in [0.717, 1.165) is 11.8 Å². The second kappa shape index (κ2) is 4.54. The van der Waals surface area contributed by atoms with Gasteiger partial charge in [-0.1, -0.05) is 12.0 Å². The van der Waals surface area contributed by atoms with Crippen LogP contribution in [0.15, 0.2) is 35.8 Å². The van der Waals surface area contributed by atoms with Crippen LogP contribution in [0.4, 0.5) is 0 Å². The summed E-state index contributed by atoms with van der Waals surface area (Å²) in [4.78, 5) is 15.4. The smallest absolute Gasteiger partial charge is 0.161 e. The molecular formula is C12H7NOS. The molecule has 3 heteroatoms. The van der Waals surface area contributed by atoms with Crippen molar-refractivity contribution in [1.29, 1.82) is 0 Å². The van der Waals surface area contributed by atoms with Crippen molar-refractivity contribution in [2.75, 3.05) is 0 Å². The summed E-state index contributed by atoms with van der Waals surface area (Å²) >= 11 is 1.39. The number of nitrogens with zero attached hydrogens (tertiary/aromatic N) is 1. The molecule has 15 heavy (non-hydrogen) atoms. The lowest BCUT2D eigenvalue weighted by molar-refractivity contribution is 0.112. The molecule has 2 rings (SSSR count). The van der Waals surface area contributed by atoms with Crippen LogP contribution in [0, 0.1) is 11.8 Å². The Labute approximate surface area is 91.6 Å². The van der Waals surface area contributed by atoms with Crippen molar-refractivity contribution in [3.8, 4) is 11.8 Å². The van der Waals surface area contributed by atoms with Crippen molar-refractivity contribution < 1.29 is 4.79 Å². The Kier molecular flexibility index (Phi) is 2.91. The highest BCUT2D eigenvalue weighted by Gasteiger charge is 1.98. The summed E-state index contributed by atoms with van der Waals surface area (Å²) in [6.45, 7) is 0. The number of aldehydes is 1. The third kappa shape index (κ3) is 2.30. The van der Waals surface area contributed by atoms with Gasteiger partial charge in [0.1, 0.15) is 5.69 Å². The third-order valence-corrected chi connectivity index (χ3v) is 2.63. The lowest BCUT2D eigenvalue weighted by Gasteiger charge is -1.86. The van der Waals surface area contributed by atoms with Gasteiger partial charge in [0.2, 0.25) is 0 Å². The summed E-state index contributed by atoms with van der Waals surface area (Å²) in [5, 5.41) is 1.85. The van der Waals surface area contributed by atoms with Gasteiger partial charge in [0.25, 0.3) is 0 Å². The summed E-state index contributed by atoms with van der Waals surface area (Å²) in [7, 11) is 0. The van der Waals surface area contributed by atoms with Gasteiger partial charge in [-0.05, 0) is 29.5 Å². The highest BCUT2D eigenvalue weighted by Crippen LogP contribution is 2.12. The zero-order chi connectivity index (χ0) is 10.5. The quantitative estimate of drug-likeness (QED) is 0.537. The first-order chi connectivity index (χ1) is 7.40. The van der Waals surface area contributed by atoms with E-state index < -0.39 is 0 Å². The van der Waals surface area contributed by atoms with E-state index >= 15 is 0 Å². The van der Waals surface area contributed by atoms with Crippen LogP contribution >= 0.6 is 11.3 Å². The van der Waals surface area contributed by atoms with E-state index in [1.807, 2.05) is 29.6 Å². The second-order valence-electron chi connectivity index (χ2n) is 2.78. The number of rotatable bonds is 1. The lowest BCUT2D eigenvalue weighted by Crippen LogP contribution is -1.80. The number of thiophene rings is 1. The molecule has 72 valence electrons. The van der Waals surface area contributed by atoms with Crippen LogP contribution in [0.25, 0.3) is 0 Å². The zero-order valence-corrected chi connectivity index (χ0v) is 8.62. The van der Waals surface area contributed by atoms with Gasteiger partial charge in [-0.25, -0.2) is 4.98 Å². The zero-order valence-electron chi connectivity index (χ0n) is 7.81. The summed E-state index contributed by atoms with van der Waals surface area (Å²) in [5.41, 5.74) is 1.47. The minimum absolute atomic E-state index is 0.665. The van der Waals surface area contributed by atoms with Crippen molar-refractivity contribution in [3.05, 3.63) is 52.0 Å². The molecule has 0 aliphatic carbocycles. The Morgan fingerprint density at radius 1 is 1.27 bits per heavy atom. The molecule has 0 spiro atoms. The van der Waals surface area contributed by atoms with Gasteiger partial charge in [-0.15, -0.1) is 11.3 Å². The largest absolute Gasteiger partial charge is 0.297 e. The average molecular weight is 213 g/mol. The Morgan fingerprint density at radius 3 is 2.93 bits per heavy atom. The maximum absolute atomic E-state index is 10.6. The minimum Gasteiger partial charge on any atom is -0.297 e. The van der Waals surface area contributed by atoms with Gasteiger partial charge in [0.15, 0.2) is 6.29 Å². The third-order valence-electron chi connectivity index (χ3n) is 1.79. The van der Waals surface area contributed by atoms with Crippen molar-refractivity contribution in [2.45, 2.75) is 0 Å². The van der Waals surface area contributed by atoms with Gasteiger partial charge in [0.05, 0.1) is 4.88 Å². The molecule has 0 saturated heterocycles. The molecule has 0 amide bonds. The molecule has 0 atom stereocenters. The standard InChI is InChI=1S/C12H7NOS/c14-9-12-10(6-8-15-12)4-5-11-3-1-2-7-13-11/h1-3,6-9H. The topological polar surface area (TPSA) is 30.0 Å². The van der Waals surface area contributed by atoms with Gasteiger partial charge in [0, 0.05) is 11.8 Å². The van der Waals surface area contributed by atoms with Crippen LogP contribution in [0.3, 0.4) is 0 Å². The van der Waals surface area contributed by atoms with Crippen LogP contribution in [-0.2, 0) is 0 Å². The average Bonchev–Trinajstić information content (AvgIpc) is 2.75. The van der Waals surface area contributed by atoms with E-state index in [9.17, 15) is 4.79 Å². The molecule has 2 aromatic rings. The Morgan fingerprint density at radius 2 is 2.20 bits per heavy atom. The van der Waals surface area contributed by atoms with E-state index in [1.54, 1.807) is 6.20 Å². The van der Waals surface area contributed by atoms with Crippen LogP contribution in [0.5, 0.6) is 0 Å². The number of pyridine rings is 1. The van der Waals surface area contributed by atoms with Crippen molar-refractivity contribution in [1.82, 2.24) is 4.98 Å². The molecular weight excluding hydrogens is 206 g/mol. The maximum Gasteiger partial charge on any atom is 0.161 e. The molecule has 0 unspecified atom stereocenters. The van der Waals surface area contributed by atoms with Crippen molar-refractivity contribution in [3.63, 3.8) is 0 Å². The predicted octanol–water partition coefficient (Wildman–Crippen LogP) is 2.36. The number of aromatic nitrogens is 1. The van der Waals surface area contributed by atoms with Gasteiger partial charge in [-0.2, -0.15) is 0 Å².